The van der Waals surface area contributed by atoms with E-state index in [2.05, 4.69) is 9.82 Å². The Balaban J connectivity index is 2.23. The maximum Gasteiger partial charge on any atom is 0.262 e. The predicted octanol–water partition coefficient (Wildman–Crippen LogP) is 2.41. The van der Waals surface area contributed by atoms with E-state index in [0.717, 1.165) is 5.69 Å². The number of benzene rings is 1. The molecule has 0 aliphatic rings. The van der Waals surface area contributed by atoms with E-state index in [1.54, 1.807) is 16.8 Å². The van der Waals surface area contributed by atoms with Crippen LogP contribution in [0.1, 0.15) is 19.5 Å². The number of sulfonamides is 1. The quantitative estimate of drug-likeness (QED) is 0.889. The van der Waals surface area contributed by atoms with Crippen molar-refractivity contribution in [2.75, 3.05) is 11.3 Å². The van der Waals surface area contributed by atoms with Crippen LogP contribution in [-0.4, -0.2) is 24.8 Å². The Kier molecular flexibility index (Phi) is 4.52. The number of aryl methyl sites for hydroxylation is 1. The number of anilines is 1. The summed E-state index contributed by atoms with van der Waals surface area (Å²) in [7, 11) is -3.62. The van der Waals surface area contributed by atoms with Gasteiger partial charge in [0.2, 0.25) is 0 Å². The molecule has 0 bridgehead atoms. The van der Waals surface area contributed by atoms with Gasteiger partial charge in [0, 0.05) is 6.54 Å². The minimum Gasteiger partial charge on any atom is -0.494 e. The number of hydrogen-bond donors (Lipinski definition) is 1. The van der Waals surface area contributed by atoms with Crippen LogP contribution in [0, 0.1) is 6.92 Å². The van der Waals surface area contributed by atoms with Crippen LogP contribution in [0.25, 0.3) is 0 Å². The van der Waals surface area contributed by atoms with Crippen molar-refractivity contribution in [2.24, 2.45) is 0 Å². The number of nitrogens with one attached hydrogen (secondary N) is 1. The van der Waals surface area contributed by atoms with Crippen molar-refractivity contribution >= 4 is 15.7 Å². The van der Waals surface area contributed by atoms with Crippen molar-refractivity contribution in [2.45, 2.75) is 32.2 Å². The van der Waals surface area contributed by atoms with E-state index in [1.165, 1.54) is 18.3 Å². The van der Waals surface area contributed by atoms with Crippen molar-refractivity contribution in [1.82, 2.24) is 9.78 Å². The minimum absolute atomic E-state index is 0.189. The lowest BCUT2D eigenvalue weighted by atomic mass is 10.3. The minimum atomic E-state index is -3.62. The van der Waals surface area contributed by atoms with Gasteiger partial charge in [0.25, 0.3) is 10.0 Å². The molecule has 114 valence electrons. The highest BCUT2D eigenvalue weighted by atomic mass is 32.2. The number of ether oxygens (including phenoxy) is 1. The summed E-state index contributed by atoms with van der Waals surface area (Å²) in [6, 6.07) is 6.32. The molecule has 1 aromatic heterocycles. The molecule has 21 heavy (non-hydrogen) atoms. The molecule has 0 spiro atoms. The molecule has 0 saturated heterocycles. The lowest BCUT2D eigenvalue weighted by Gasteiger charge is -2.09. The first-order valence-electron chi connectivity index (χ1n) is 6.76. The van der Waals surface area contributed by atoms with Crippen LogP contribution < -0.4 is 9.46 Å². The Morgan fingerprint density at radius 1 is 1.24 bits per heavy atom. The van der Waals surface area contributed by atoms with E-state index in [-0.39, 0.29) is 4.90 Å². The molecule has 1 N–H and O–H groups in total. The van der Waals surface area contributed by atoms with Gasteiger partial charge in [-0.15, -0.1) is 0 Å². The van der Waals surface area contributed by atoms with Crippen LogP contribution in [-0.2, 0) is 16.6 Å². The van der Waals surface area contributed by atoms with E-state index >= 15 is 0 Å². The van der Waals surface area contributed by atoms with Gasteiger partial charge in [-0.25, -0.2) is 8.42 Å². The van der Waals surface area contributed by atoms with Gasteiger partial charge in [-0.1, -0.05) is 0 Å². The van der Waals surface area contributed by atoms with Gasteiger partial charge in [0.15, 0.2) is 0 Å². The van der Waals surface area contributed by atoms with Crippen molar-refractivity contribution in [3.63, 3.8) is 0 Å². The van der Waals surface area contributed by atoms with E-state index < -0.39 is 10.0 Å². The Morgan fingerprint density at radius 2 is 1.90 bits per heavy atom. The van der Waals surface area contributed by atoms with Crippen LogP contribution in [0.2, 0.25) is 0 Å². The highest BCUT2D eigenvalue weighted by molar-refractivity contribution is 7.92. The summed E-state index contributed by atoms with van der Waals surface area (Å²) in [5, 5.41) is 4.12. The third kappa shape index (κ3) is 3.36. The molecular weight excluding hydrogens is 290 g/mol. The molecule has 0 atom stereocenters. The monoisotopic (exact) mass is 309 g/mol. The van der Waals surface area contributed by atoms with Crippen LogP contribution in [0.3, 0.4) is 0 Å². The fourth-order valence-electron chi connectivity index (χ4n) is 1.95. The number of rotatable bonds is 6. The van der Waals surface area contributed by atoms with Crippen molar-refractivity contribution in [1.29, 1.82) is 0 Å². The van der Waals surface area contributed by atoms with E-state index in [1.807, 2.05) is 20.8 Å². The zero-order chi connectivity index (χ0) is 15.5. The Labute approximate surface area is 124 Å². The molecule has 0 amide bonds. The molecule has 0 unspecified atom stereocenters. The SMILES string of the molecule is CCOc1ccc(S(=O)(=O)Nc2cnn(CC)c2C)cc1. The molecule has 7 heteroatoms. The van der Waals surface area contributed by atoms with Gasteiger partial charge in [0.1, 0.15) is 5.75 Å². The summed E-state index contributed by atoms with van der Waals surface area (Å²) in [4.78, 5) is 0.189. The molecule has 1 aromatic carbocycles. The largest absolute Gasteiger partial charge is 0.494 e. The number of aromatic nitrogens is 2. The topological polar surface area (TPSA) is 73.2 Å². The first-order valence-corrected chi connectivity index (χ1v) is 8.24. The molecule has 0 radical (unpaired) electrons. The summed E-state index contributed by atoms with van der Waals surface area (Å²) >= 11 is 0. The van der Waals surface area contributed by atoms with Crippen LogP contribution in [0.4, 0.5) is 5.69 Å². The zero-order valence-electron chi connectivity index (χ0n) is 12.3. The fourth-order valence-corrected chi connectivity index (χ4v) is 3.05. The van der Waals surface area contributed by atoms with Crippen LogP contribution in [0.15, 0.2) is 35.4 Å². The number of nitrogens with zero attached hydrogens (tertiary/aromatic N) is 2. The van der Waals surface area contributed by atoms with Crippen molar-refractivity contribution in [3.05, 3.63) is 36.2 Å². The van der Waals surface area contributed by atoms with Gasteiger partial charge < -0.3 is 4.74 Å². The summed E-state index contributed by atoms with van der Waals surface area (Å²) in [6.07, 6.45) is 1.52. The normalized spacial score (nSPS) is 11.4. The molecule has 2 rings (SSSR count). The van der Waals surface area contributed by atoms with Gasteiger partial charge in [-0.2, -0.15) is 5.10 Å². The van der Waals surface area contributed by atoms with E-state index in [0.29, 0.717) is 24.6 Å². The Morgan fingerprint density at radius 3 is 2.43 bits per heavy atom. The number of hydrogen-bond acceptors (Lipinski definition) is 4. The second-order valence-electron chi connectivity index (χ2n) is 4.47. The first kappa shape index (κ1) is 15.4. The van der Waals surface area contributed by atoms with Crippen molar-refractivity contribution in [3.8, 4) is 5.75 Å². The predicted molar refractivity (Wildman–Crippen MR) is 81.1 cm³/mol. The Hall–Kier alpha value is -2.02. The Bertz CT molecular complexity index is 706. The standard InChI is InChI=1S/C14H19N3O3S/c1-4-17-11(3)14(10-15-17)16-21(18,19)13-8-6-12(7-9-13)20-5-2/h6-10,16H,4-5H2,1-3H3. The summed E-state index contributed by atoms with van der Waals surface area (Å²) < 4.78 is 34.3. The third-order valence-electron chi connectivity index (χ3n) is 3.09. The lowest BCUT2D eigenvalue weighted by Crippen LogP contribution is -2.13. The fraction of sp³-hybridized carbons (Fsp3) is 0.357. The highest BCUT2D eigenvalue weighted by Crippen LogP contribution is 2.21. The average molecular weight is 309 g/mol. The molecular formula is C14H19N3O3S. The zero-order valence-corrected chi connectivity index (χ0v) is 13.1. The van der Waals surface area contributed by atoms with Gasteiger partial charge >= 0.3 is 0 Å². The smallest absolute Gasteiger partial charge is 0.262 e. The average Bonchev–Trinajstić information content (AvgIpc) is 2.80. The van der Waals surface area contributed by atoms with Crippen LogP contribution in [0.5, 0.6) is 5.75 Å². The maximum absolute atomic E-state index is 12.3. The first-order chi connectivity index (χ1) is 9.97. The molecule has 0 saturated carbocycles. The lowest BCUT2D eigenvalue weighted by molar-refractivity contribution is 0.340. The summed E-state index contributed by atoms with van der Waals surface area (Å²) in [5.41, 5.74) is 1.28. The van der Waals surface area contributed by atoms with Crippen molar-refractivity contribution < 1.29 is 13.2 Å². The van der Waals surface area contributed by atoms with Gasteiger partial charge in [-0.05, 0) is 45.0 Å². The third-order valence-corrected chi connectivity index (χ3v) is 4.47. The summed E-state index contributed by atoms with van der Waals surface area (Å²) in [6.45, 7) is 6.88. The molecule has 0 aliphatic heterocycles. The van der Waals surface area contributed by atoms with E-state index in [9.17, 15) is 8.42 Å². The second-order valence-corrected chi connectivity index (χ2v) is 6.15. The van der Waals surface area contributed by atoms with Crippen LogP contribution >= 0.6 is 0 Å². The molecule has 0 aliphatic carbocycles. The second kappa shape index (κ2) is 6.17. The molecule has 0 fully saturated rings. The van der Waals surface area contributed by atoms with Gasteiger partial charge in [-0.3, -0.25) is 9.40 Å². The summed E-state index contributed by atoms with van der Waals surface area (Å²) in [5.74, 6) is 0.645. The molecule has 1 heterocycles. The maximum atomic E-state index is 12.3. The molecule has 2 aromatic rings. The van der Waals surface area contributed by atoms with E-state index in [4.69, 9.17) is 4.74 Å². The van der Waals surface area contributed by atoms with Gasteiger partial charge in [0.05, 0.1) is 29.1 Å². The molecule has 6 nitrogen and oxygen atoms in total. The highest BCUT2D eigenvalue weighted by Gasteiger charge is 2.17.